The van der Waals surface area contributed by atoms with Crippen LogP contribution in [0.2, 0.25) is 0 Å². The van der Waals surface area contributed by atoms with Gasteiger partial charge in [0, 0.05) is 31.6 Å². The molecule has 1 aliphatic heterocycles. The number of benzene rings is 1. The molecule has 3 rings (SSSR count). The van der Waals surface area contributed by atoms with E-state index in [1.165, 1.54) is 4.68 Å². The van der Waals surface area contributed by atoms with Gasteiger partial charge in [-0.1, -0.05) is 18.2 Å². The van der Waals surface area contributed by atoms with Gasteiger partial charge in [-0.15, -0.1) is 12.4 Å². The molecular weight excluding hydrogens is 316 g/mol. The first-order valence-electron chi connectivity index (χ1n) is 7.54. The van der Waals surface area contributed by atoms with Crippen molar-refractivity contribution in [1.29, 1.82) is 0 Å². The van der Waals surface area contributed by atoms with Crippen LogP contribution in [0.1, 0.15) is 18.5 Å². The molecule has 6 nitrogen and oxygen atoms in total. The summed E-state index contributed by atoms with van der Waals surface area (Å²) < 4.78 is 1.30. The molecule has 2 aromatic rings. The predicted octanol–water partition coefficient (Wildman–Crippen LogP) is 0.848. The number of amides is 1. The molecule has 2 N–H and O–H groups in total. The minimum Gasteiger partial charge on any atom is -0.341 e. The number of carbonyl (C=O) groups is 1. The molecule has 0 spiro atoms. The Bertz CT molecular complexity index is 774. The molecule has 1 aliphatic rings. The van der Waals surface area contributed by atoms with Crippen LogP contribution in [0.5, 0.6) is 0 Å². The highest BCUT2D eigenvalue weighted by Gasteiger charge is 2.22. The summed E-state index contributed by atoms with van der Waals surface area (Å²) in [7, 11) is 1.61. The Morgan fingerprint density at radius 3 is 2.74 bits per heavy atom. The Morgan fingerprint density at radius 2 is 2.04 bits per heavy atom. The third kappa shape index (κ3) is 3.54. The normalized spacial score (nSPS) is 17.8. The van der Waals surface area contributed by atoms with Crippen LogP contribution in [-0.4, -0.2) is 39.7 Å². The second-order valence-electron chi connectivity index (χ2n) is 5.84. The van der Waals surface area contributed by atoms with E-state index in [1.807, 2.05) is 18.2 Å². The number of fused-ring (bicyclic) bond motifs is 1. The number of rotatable bonds is 2. The Kier molecular flexibility index (Phi) is 5.38. The molecule has 7 heteroatoms. The Morgan fingerprint density at radius 1 is 1.35 bits per heavy atom. The third-order valence-corrected chi connectivity index (χ3v) is 4.16. The molecule has 0 saturated carbocycles. The molecule has 124 valence electrons. The minimum absolute atomic E-state index is 0. The first-order chi connectivity index (χ1) is 10.6. The van der Waals surface area contributed by atoms with Gasteiger partial charge >= 0.3 is 0 Å². The lowest BCUT2D eigenvalue weighted by molar-refractivity contribution is -0.131. The second kappa shape index (κ2) is 7.10. The summed E-state index contributed by atoms with van der Waals surface area (Å²) in [5.41, 5.74) is 6.43. The maximum atomic E-state index is 12.5. The van der Waals surface area contributed by atoms with Crippen molar-refractivity contribution in [2.45, 2.75) is 25.3 Å². The van der Waals surface area contributed by atoms with E-state index in [1.54, 1.807) is 18.0 Å². The number of halogens is 1. The standard InChI is InChI=1S/C16H20N4O2.ClH/c1-19-16(22)13-7-3-2-6-12(13)14(18-19)9-15(21)20-8-4-5-11(17)10-20;/h2-3,6-7,11H,4-5,8-10,17H2,1H3;1H. The SMILES string of the molecule is Cl.Cn1nc(CC(=O)N2CCCC(N)C2)c2ccccc2c1=O. The minimum atomic E-state index is -0.146. The number of piperidine rings is 1. The Balaban J connectivity index is 0.00000192. The maximum absolute atomic E-state index is 12.5. The lowest BCUT2D eigenvalue weighted by Crippen LogP contribution is -2.46. The summed E-state index contributed by atoms with van der Waals surface area (Å²) >= 11 is 0. The fourth-order valence-corrected chi connectivity index (χ4v) is 3.00. The molecule has 1 atom stereocenters. The smallest absolute Gasteiger partial charge is 0.274 e. The van der Waals surface area contributed by atoms with Crippen molar-refractivity contribution in [3.63, 3.8) is 0 Å². The summed E-state index contributed by atoms with van der Waals surface area (Å²) in [6.45, 7) is 1.35. The monoisotopic (exact) mass is 336 g/mol. The van der Waals surface area contributed by atoms with Gasteiger partial charge in [-0.25, -0.2) is 4.68 Å². The quantitative estimate of drug-likeness (QED) is 0.881. The van der Waals surface area contributed by atoms with Crippen LogP contribution in [0, 0.1) is 0 Å². The van der Waals surface area contributed by atoms with Crippen LogP contribution in [-0.2, 0) is 18.3 Å². The molecule has 0 bridgehead atoms. The largest absolute Gasteiger partial charge is 0.341 e. The summed E-state index contributed by atoms with van der Waals surface area (Å²) in [6, 6.07) is 7.34. The van der Waals surface area contributed by atoms with Crippen molar-refractivity contribution in [2.75, 3.05) is 13.1 Å². The molecule has 1 aromatic carbocycles. The number of nitrogens with zero attached hydrogens (tertiary/aromatic N) is 3. The fourth-order valence-electron chi connectivity index (χ4n) is 3.00. The lowest BCUT2D eigenvalue weighted by atomic mass is 10.0. The fraction of sp³-hybridized carbons (Fsp3) is 0.438. The van der Waals surface area contributed by atoms with Crippen molar-refractivity contribution in [2.24, 2.45) is 12.8 Å². The number of aryl methyl sites for hydroxylation is 1. The van der Waals surface area contributed by atoms with Crippen molar-refractivity contribution in [3.05, 3.63) is 40.3 Å². The lowest BCUT2D eigenvalue weighted by Gasteiger charge is -2.30. The molecule has 1 amide bonds. The number of nitrogens with two attached hydrogens (primary N) is 1. The number of hydrogen-bond acceptors (Lipinski definition) is 4. The van der Waals surface area contributed by atoms with Gasteiger partial charge in [0.05, 0.1) is 17.5 Å². The Hall–Kier alpha value is -1.92. The molecule has 2 heterocycles. The third-order valence-electron chi connectivity index (χ3n) is 4.16. The highest BCUT2D eigenvalue weighted by molar-refractivity contribution is 5.88. The zero-order chi connectivity index (χ0) is 15.7. The molecule has 0 radical (unpaired) electrons. The second-order valence-corrected chi connectivity index (χ2v) is 5.84. The van der Waals surface area contributed by atoms with Gasteiger partial charge in [0.15, 0.2) is 0 Å². The van der Waals surface area contributed by atoms with Gasteiger partial charge in [0.1, 0.15) is 0 Å². The van der Waals surface area contributed by atoms with Crippen LogP contribution >= 0.6 is 12.4 Å². The number of aromatic nitrogens is 2. The van der Waals surface area contributed by atoms with Gasteiger partial charge in [0.2, 0.25) is 5.91 Å². The first kappa shape index (κ1) is 17.4. The molecule has 1 unspecified atom stereocenters. The summed E-state index contributed by atoms with van der Waals surface area (Å²) in [4.78, 5) is 26.4. The number of hydrogen-bond donors (Lipinski definition) is 1. The van der Waals surface area contributed by atoms with E-state index in [-0.39, 0.29) is 36.3 Å². The van der Waals surface area contributed by atoms with Gasteiger partial charge in [-0.05, 0) is 18.9 Å². The highest BCUT2D eigenvalue weighted by Crippen LogP contribution is 2.16. The molecule has 1 aromatic heterocycles. The van der Waals surface area contributed by atoms with Crippen LogP contribution in [0.3, 0.4) is 0 Å². The summed E-state index contributed by atoms with van der Waals surface area (Å²) in [5, 5.41) is 5.63. The van der Waals surface area contributed by atoms with E-state index in [0.717, 1.165) is 24.8 Å². The van der Waals surface area contributed by atoms with E-state index in [4.69, 9.17) is 5.73 Å². The topological polar surface area (TPSA) is 81.2 Å². The molecule has 0 aliphatic carbocycles. The predicted molar refractivity (Wildman–Crippen MR) is 91.7 cm³/mol. The van der Waals surface area contributed by atoms with E-state index in [0.29, 0.717) is 17.6 Å². The van der Waals surface area contributed by atoms with E-state index < -0.39 is 0 Å². The van der Waals surface area contributed by atoms with Crippen LogP contribution in [0.15, 0.2) is 29.1 Å². The van der Waals surface area contributed by atoms with E-state index >= 15 is 0 Å². The van der Waals surface area contributed by atoms with Crippen LogP contribution in [0.25, 0.3) is 10.8 Å². The van der Waals surface area contributed by atoms with Crippen molar-refractivity contribution < 1.29 is 4.79 Å². The first-order valence-corrected chi connectivity index (χ1v) is 7.54. The van der Waals surface area contributed by atoms with Crippen LogP contribution in [0.4, 0.5) is 0 Å². The van der Waals surface area contributed by atoms with E-state index in [9.17, 15) is 9.59 Å². The zero-order valence-electron chi connectivity index (χ0n) is 13.1. The van der Waals surface area contributed by atoms with E-state index in [2.05, 4.69) is 5.10 Å². The molecule has 23 heavy (non-hydrogen) atoms. The molecular formula is C16H21ClN4O2. The summed E-state index contributed by atoms with van der Waals surface area (Å²) in [5.74, 6) is 0.0199. The van der Waals surface area contributed by atoms with Crippen molar-refractivity contribution in [1.82, 2.24) is 14.7 Å². The maximum Gasteiger partial charge on any atom is 0.274 e. The summed E-state index contributed by atoms with van der Waals surface area (Å²) in [6.07, 6.45) is 2.10. The molecule has 1 fully saturated rings. The van der Waals surface area contributed by atoms with Gasteiger partial charge in [-0.2, -0.15) is 5.10 Å². The van der Waals surface area contributed by atoms with Crippen LogP contribution < -0.4 is 11.3 Å². The van der Waals surface area contributed by atoms with Crippen molar-refractivity contribution in [3.8, 4) is 0 Å². The highest BCUT2D eigenvalue weighted by atomic mass is 35.5. The van der Waals surface area contributed by atoms with Gasteiger partial charge in [-0.3, -0.25) is 9.59 Å². The van der Waals surface area contributed by atoms with Gasteiger partial charge < -0.3 is 10.6 Å². The number of carbonyl (C=O) groups excluding carboxylic acids is 1. The zero-order valence-corrected chi connectivity index (χ0v) is 13.9. The van der Waals surface area contributed by atoms with Crippen molar-refractivity contribution >= 4 is 29.1 Å². The average Bonchev–Trinajstić information content (AvgIpc) is 2.52. The van der Waals surface area contributed by atoms with Gasteiger partial charge in [0.25, 0.3) is 5.56 Å². The number of likely N-dealkylation sites (tertiary alicyclic amines) is 1. The molecule has 1 saturated heterocycles. The Labute approximate surface area is 140 Å². The average molecular weight is 337 g/mol.